The van der Waals surface area contributed by atoms with E-state index in [1.54, 1.807) is 7.05 Å². The predicted molar refractivity (Wildman–Crippen MR) is 43.2 cm³/mol. The second kappa shape index (κ2) is 2.30. The first-order chi connectivity index (χ1) is 5.70. The van der Waals surface area contributed by atoms with Gasteiger partial charge in [-0.15, -0.1) is 0 Å². The summed E-state index contributed by atoms with van der Waals surface area (Å²) in [5.41, 5.74) is 0.817. The van der Waals surface area contributed by atoms with E-state index in [0.29, 0.717) is 6.54 Å². The van der Waals surface area contributed by atoms with Crippen molar-refractivity contribution in [1.29, 1.82) is 0 Å². The average Bonchev–Trinajstić information content (AvgIpc) is 2.32. The summed E-state index contributed by atoms with van der Waals surface area (Å²) in [6.45, 7) is 2.70. The summed E-state index contributed by atoms with van der Waals surface area (Å²) in [4.78, 5) is 11.3. The van der Waals surface area contributed by atoms with Gasteiger partial charge in [-0.2, -0.15) is 9.79 Å². The van der Waals surface area contributed by atoms with Crippen LogP contribution in [0, 0.1) is 0 Å². The summed E-state index contributed by atoms with van der Waals surface area (Å²) < 4.78 is 2.88. The maximum absolute atomic E-state index is 11.3. The Morgan fingerprint density at radius 3 is 3.08 bits per heavy atom. The first-order valence-corrected chi connectivity index (χ1v) is 3.86. The Kier molecular flexibility index (Phi) is 1.39. The third kappa shape index (κ3) is 0.823. The molecule has 0 spiro atoms. The second-order valence-corrected chi connectivity index (χ2v) is 3.07. The van der Waals surface area contributed by atoms with Crippen LogP contribution in [0.25, 0.3) is 0 Å². The molecule has 0 radical (unpaired) electrons. The molecule has 5 heteroatoms. The third-order valence-corrected chi connectivity index (χ3v) is 2.07. The van der Waals surface area contributed by atoms with Crippen LogP contribution in [0.4, 0.5) is 0 Å². The molecule has 0 amide bonds. The van der Waals surface area contributed by atoms with Crippen molar-refractivity contribution >= 4 is 0 Å². The lowest BCUT2D eigenvalue weighted by Gasteiger charge is -2.10. The van der Waals surface area contributed by atoms with E-state index in [-0.39, 0.29) is 11.6 Å². The van der Waals surface area contributed by atoms with Crippen molar-refractivity contribution in [2.24, 2.45) is 17.4 Å². The molecule has 0 N–H and O–H groups in total. The van der Waals surface area contributed by atoms with E-state index in [0.717, 1.165) is 5.69 Å². The van der Waals surface area contributed by atoms with Crippen molar-refractivity contribution in [2.45, 2.75) is 12.8 Å². The lowest BCUT2D eigenvalue weighted by atomic mass is 10.1. The molecular weight excluding hydrogens is 156 g/mol. The minimum absolute atomic E-state index is 0.125. The molecule has 1 atom stereocenters. The van der Waals surface area contributed by atoms with Crippen LogP contribution in [0.1, 0.15) is 18.5 Å². The zero-order valence-corrected chi connectivity index (χ0v) is 7.06. The normalized spacial score (nSPS) is 21.0. The molecule has 0 bridgehead atoms. The van der Waals surface area contributed by atoms with Crippen LogP contribution in [0.3, 0.4) is 0 Å². The highest BCUT2D eigenvalue weighted by atomic mass is 16.2. The Morgan fingerprint density at radius 2 is 2.42 bits per heavy atom. The van der Waals surface area contributed by atoms with E-state index in [2.05, 4.69) is 10.3 Å². The maximum Gasteiger partial charge on any atom is 0.350 e. The van der Waals surface area contributed by atoms with Crippen molar-refractivity contribution in [3.63, 3.8) is 0 Å². The molecule has 1 aromatic heterocycles. The zero-order chi connectivity index (χ0) is 8.72. The fraction of sp³-hybridized carbons (Fsp3) is 0.571. The molecule has 0 saturated carbocycles. The minimum Gasteiger partial charge on any atom is -0.300 e. The largest absolute Gasteiger partial charge is 0.350 e. The monoisotopic (exact) mass is 166 g/mol. The molecule has 1 aliphatic rings. The van der Waals surface area contributed by atoms with Crippen LogP contribution in [-0.4, -0.2) is 15.8 Å². The Balaban J connectivity index is 2.70. The van der Waals surface area contributed by atoms with Gasteiger partial charge in [0.15, 0.2) is 0 Å². The topological polar surface area (TPSA) is 51.6 Å². The van der Waals surface area contributed by atoms with Crippen LogP contribution >= 0.6 is 0 Å². The van der Waals surface area contributed by atoms with Crippen molar-refractivity contribution in [2.75, 3.05) is 6.54 Å². The summed E-state index contributed by atoms with van der Waals surface area (Å²) in [6, 6.07) is 0. The Bertz CT molecular complexity index is 387. The van der Waals surface area contributed by atoms with E-state index in [9.17, 15) is 4.79 Å². The number of fused-ring (bicyclic) bond motifs is 1. The van der Waals surface area contributed by atoms with Crippen LogP contribution in [-0.2, 0) is 7.05 Å². The lowest BCUT2D eigenvalue weighted by Crippen LogP contribution is -2.22. The Labute approximate surface area is 69.3 Å². The maximum atomic E-state index is 11.3. The lowest BCUT2D eigenvalue weighted by molar-refractivity contribution is 0.565. The third-order valence-electron chi connectivity index (χ3n) is 2.07. The van der Waals surface area contributed by atoms with Crippen molar-refractivity contribution < 1.29 is 0 Å². The average molecular weight is 166 g/mol. The number of hydrogen-bond acceptors (Lipinski definition) is 3. The van der Waals surface area contributed by atoms with Crippen LogP contribution in [0.5, 0.6) is 0 Å². The number of imidazole rings is 1. The molecule has 0 fully saturated rings. The summed E-state index contributed by atoms with van der Waals surface area (Å²) >= 11 is 0. The second-order valence-electron chi connectivity index (χ2n) is 3.07. The van der Waals surface area contributed by atoms with E-state index in [1.165, 1.54) is 9.24 Å². The summed E-state index contributed by atoms with van der Waals surface area (Å²) in [7, 11) is 1.72. The number of nitrogens with zero attached hydrogens (tertiary/aromatic N) is 4. The Hall–Kier alpha value is -1.39. The van der Waals surface area contributed by atoms with E-state index in [1.807, 2.05) is 13.1 Å². The van der Waals surface area contributed by atoms with E-state index < -0.39 is 0 Å². The molecule has 0 saturated heterocycles. The van der Waals surface area contributed by atoms with Gasteiger partial charge in [0.05, 0.1) is 12.2 Å². The van der Waals surface area contributed by atoms with Crippen LogP contribution in [0.2, 0.25) is 0 Å². The van der Waals surface area contributed by atoms with Gasteiger partial charge in [0.2, 0.25) is 0 Å². The highest BCUT2D eigenvalue weighted by Crippen LogP contribution is 2.17. The molecule has 0 aliphatic carbocycles. The highest BCUT2D eigenvalue weighted by Gasteiger charge is 2.18. The van der Waals surface area contributed by atoms with Gasteiger partial charge in [-0.05, 0) is 0 Å². The molecule has 2 heterocycles. The number of aromatic nitrogens is 2. The Morgan fingerprint density at radius 1 is 1.67 bits per heavy atom. The van der Waals surface area contributed by atoms with Gasteiger partial charge in [-0.1, -0.05) is 12.1 Å². The van der Waals surface area contributed by atoms with Gasteiger partial charge in [-0.3, -0.25) is 0 Å². The number of hydrogen-bond donors (Lipinski definition) is 0. The number of rotatable bonds is 0. The molecule has 12 heavy (non-hydrogen) atoms. The van der Waals surface area contributed by atoms with Crippen LogP contribution in [0.15, 0.2) is 21.3 Å². The van der Waals surface area contributed by atoms with Crippen molar-refractivity contribution in [3.05, 3.63) is 22.4 Å². The summed E-state index contributed by atoms with van der Waals surface area (Å²) in [5.74, 6) is 0.288. The van der Waals surface area contributed by atoms with Gasteiger partial charge >= 0.3 is 5.69 Å². The smallest absolute Gasteiger partial charge is 0.300 e. The molecule has 0 aromatic carbocycles. The first kappa shape index (κ1) is 7.27. The molecule has 1 aromatic rings. The number of aryl methyl sites for hydroxylation is 1. The van der Waals surface area contributed by atoms with Gasteiger partial charge in [0, 0.05) is 19.2 Å². The molecular formula is C7H10N4O. The molecule has 1 aliphatic heterocycles. The van der Waals surface area contributed by atoms with Crippen LogP contribution < -0.4 is 5.69 Å². The molecule has 5 nitrogen and oxygen atoms in total. The highest BCUT2D eigenvalue weighted by molar-refractivity contribution is 5.08. The van der Waals surface area contributed by atoms with Gasteiger partial charge in [0.25, 0.3) is 0 Å². The minimum atomic E-state index is -0.125. The van der Waals surface area contributed by atoms with E-state index >= 15 is 0 Å². The zero-order valence-electron chi connectivity index (χ0n) is 7.06. The van der Waals surface area contributed by atoms with Gasteiger partial charge < -0.3 is 4.57 Å². The van der Waals surface area contributed by atoms with E-state index in [4.69, 9.17) is 0 Å². The van der Waals surface area contributed by atoms with Crippen molar-refractivity contribution in [1.82, 2.24) is 9.24 Å². The summed E-state index contributed by atoms with van der Waals surface area (Å²) in [5, 5.41) is 7.62. The fourth-order valence-corrected chi connectivity index (χ4v) is 1.31. The predicted octanol–water partition coefficient (Wildman–Crippen LogP) is 0.519. The van der Waals surface area contributed by atoms with Gasteiger partial charge in [-0.25, -0.2) is 4.79 Å². The first-order valence-electron chi connectivity index (χ1n) is 3.86. The molecule has 64 valence electrons. The fourth-order valence-electron chi connectivity index (χ4n) is 1.31. The quantitative estimate of drug-likeness (QED) is 0.554. The van der Waals surface area contributed by atoms with Gasteiger partial charge in [0.1, 0.15) is 0 Å². The standard InChI is InChI=1S/C7H10N4O/c1-5-3-8-9-11-6(5)4-10(2)7(11)12/h4-5H,3H2,1-2H3. The molecule has 2 rings (SSSR count). The van der Waals surface area contributed by atoms with Crippen molar-refractivity contribution in [3.8, 4) is 0 Å². The summed E-state index contributed by atoms with van der Waals surface area (Å²) in [6.07, 6.45) is 1.81. The molecule has 1 unspecified atom stereocenters. The SMILES string of the molecule is CC1CN=Nn2c1cn(C)c2=O.